The third-order valence-electron chi connectivity index (χ3n) is 6.97. The molecule has 142 valence electrons. The maximum atomic E-state index is 10.8. The van der Waals surface area contributed by atoms with E-state index in [9.17, 15) is 15.0 Å². The van der Waals surface area contributed by atoms with E-state index in [1.165, 1.54) is 0 Å². The highest BCUT2D eigenvalue weighted by atomic mass is 16.5. The van der Waals surface area contributed by atoms with Crippen LogP contribution >= 0.6 is 0 Å². The summed E-state index contributed by atoms with van der Waals surface area (Å²) in [6, 6.07) is 2.00. The van der Waals surface area contributed by atoms with Crippen molar-refractivity contribution < 1.29 is 24.9 Å². The number of aliphatic hydroxyl groups excluding tert-OH is 1. The summed E-state index contributed by atoms with van der Waals surface area (Å²) in [5.41, 5.74) is 2.81. The monoisotopic (exact) mass is 369 g/mol. The van der Waals surface area contributed by atoms with Gasteiger partial charge in [-0.25, -0.2) is 4.79 Å². The third kappa shape index (κ3) is 2.11. The number of aromatic hydroxyl groups is 1. The van der Waals surface area contributed by atoms with E-state index in [1.54, 1.807) is 12.1 Å². The van der Waals surface area contributed by atoms with Crippen LogP contribution in [0.3, 0.4) is 0 Å². The number of likely N-dealkylation sites (N-methyl/N-ethyl adjacent to an activating group) is 1. The molecule has 0 aromatic heterocycles. The molecule has 27 heavy (non-hydrogen) atoms. The number of aliphatic hydroxyl groups is 1. The normalized spacial score (nSPS) is 35.9. The Labute approximate surface area is 157 Å². The number of hydrogen-bond acceptors (Lipinski definition) is 5. The standard InChI is InChI=1S/C21H23NO5/c1-22-8-7-21-13-5-6-15(23)20(21)27-19-16(24)9-11(3-2-4-17(25)26)12(18(19)21)10-14(13)22/h2,4-6,9,13-15,20,23-24H,3,7-8,10H2,1H3,(H,25,26)/t13-,14+,15-,20-,21-/m0/s1. The molecule has 5 rings (SSSR count). The zero-order valence-electron chi connectivity index (χ0n) is 15.1. The summed E-state index contributed by atoms with van der Waals surface area (Å²) in [6.45, 7) is 0.921. The summed E-state index contributed by atoms with van der Waals surface area (Å²) in [5, 5.41) is 30.2. The number of piperidine rings is 1. The van der Waals surface area contributed by atoms with Crippen molar-refractivity contribution in [3.05, 3.63) is 47.1 Å². The fraction of sp³-hybridized carbons (Fsp3) is 0.476. The summed E-state index contributed by atoms with van der Waals surface area (Å²) in [4.78, 5) is 13.2. The average molecular weight is 369 g/mol. The number of phenols is 1. The molecule has 5 atom stereocenters. The molecule has 4 aliphatic rings. The van der Waals surface area contributed by atoms with Crippen LogP contribution in [0.25, 0.3) is 0 Å². The predicted molar refractivity (Wildman–Crippen MR) is 98.1 cm³/mol. The van der Waals surface area contributed by atoms with Crippen molar-refractivity contribution >= 4 is 5.97 Å². The Kier molecular flexibility index (Phi) is 3.49. The maximum Gasteiger partial charge on any atom is 0.327 e. The van der Waals surface area contributed by atoms with Crippen LogP contribution in [0.1, 0.15) is 23.1 Å². The van der Waals surface area contributed by atoms with Gasteiger partial charge in [-0.2, -0.15) is 0 Å². The lowest BCUT2D eigenvalue weighted by Crippen LogP contribution is -2.64. The Balaban J connectivity index is 1.72. The number of carboxylic acid groups (broad SMARTS) is 1. The molecule has 1 saturated heterocycles. The molecule has 6 heteroatoms. The van der Waals surface area contributed by atoms with Crippen LogP contribution in [0.15, 0.2) is 30.4 Å². The smallest absolute Gasteiger partial charge is 0.327 e. The number of nitrogens with zero attached hydrogens (tertiary/aromatic N) is 1. The zero-order chi connectivity index (χ0) is 18.9. The van der Waals surface area contributed by atoms with E-state index in [-0.39, 0.29) is 23.2 Å². The Morgan fingerprint density at radius 3 is 3.04 bits per heavy atom. The third-order valence-corrected chi connectivity index (χ3v) is 6.97. The molecular formula is C21H23NO5. The van der Waals surface area contributed by atoms with E-state index >= 15 is 0 Å². The highest BCUT2D eigenvalue weighted by Crippen LogP contribution is 2.62. The van der Waals surface area contributed by atoms with E-state index in [0.29, 0.717) is 18.2 Å². The molecule has 1 spiro atoms. The first-order valence-electron chi connectivity index (χ1n) is 9.44. The molecule has 0 amide bonds. The minimum absolute atomic E-state index is 0.0829. The molecule has 2 heterocycles. The predicted octanol–water partition coefficient (Wildman–Crippen LogP) is 1.38. The maximum absolute atomic E-state index is 10.8. The average Bonchev–Trinajstić information content (AvgIpc) is 2.97. The number of likely N-dealkylation sites (tertiary alicyclic amines) is 1. The van der Waals surface area contributed by atoms with Crippen LogP contribution in [0, 0.1) is 5.92 Å². The Morgan fingerprint density at radius 1 is 1.44 bits per heavy atom. The first-order valence-corrected chi connectivity index (χ1v) is 9.44. The van der Waals surface area contributed by atoms with Gasteiger partial charge in [-0.3, -0.25) is 0 Å². The van der Waals surface area contributed by atoms with Gasteiger partial charge in [0.1, 0.15) is 12.2 Å². The van der Waals surface area contributed by atoms with Gasteiger partial charge in [0.15, 0.2) is 11.5 Å². The number of phenolic OH excluding ortho intramolecular Hbond substituents is 1. The summed E-state index contributed by atoms with van der Waals surface area (Å²) < 4.78 is 6.17. The lowest BCUT2D eigenvalue weighted by molar-refractivity contribution is -0.131. The summed E-state index contributed by atoms with van der Waals surface area (Å²) >= 11 is 0. The zero-order valence-corrected chi connectivity index (χ0v) is 15.1. The summed E-state index contributed by atoms with van der Waals surface area (Å²) in [5.74, 6) is -0.146. The van der Waals surface area contributed by atoms with Crippen LogP contribution in [0.2, 0.25) is 0 Å². The topological polar surface area (TPSA) is 90.2 Å². The van der Waals surface area contributed by atoms with Crippen molar-refractivity contribution in [2.45, 2.75) is 42.9 Å². The van der Waals surface area contributed by atoms with Gasteiger partial charge >= 0.3 is 5.97 Å². The van der Waals surface area contributed by atoms with E-state index in [0.717, 1.165) is 42.2 Å². The largest absolute Gasteiger partial charge is 0.504 e. The van der Waals surface area contributed by atoms with Gasteiger partial charge in [0.25, 0.3) is 0 Å². The van der Waals surface area contributed by atoms with Crippen molar-refractivity contribution in [1.82, 2.24) is 4.90 Å². The number of rotatable bonds is 3. The van der Waals surface area contributed by atoms with Crippen molar-refractivity contribution in [3.8, 4) is 11.5 Å². The SMILES string of the molecule is CN1CC[C@]23c4c5c(CC=CC(=O)O)cc(O)c4O[C@H]2[C@@H](O)C=C[C@H]3[C@H]1C5. The molecule has 1 fully saturated rings. The molecule has 1 aromatic rings. The number of allylic oxidation sites excluding steroid dienone is 1. The molecule has 2 aliphatic heterocycles. The number of hydrogen-bond donors (Lipinski definition) is 3. The second kappa shape index (κ2) is 5.59. The number of carboxylic acids is 1. The highest BCUT2D eigenvalue weighted by Gasteiger charge is 2.64. The first-order chi connectivity index (χ1) is 12.9. The fourth-order valence-corrected chi connectivity index (χ4v) is 5.87. The molecule has 6 nitrogen and oxygen atoms in total. The van der Waals surface area contributed by atoms with Crippen LogP contribution in [0.4, 0.5) is 0 Å². The molecule has 0 radical (unpaired) electrons. The number of carbonyl (C=O) groups is 1. The summed E-state index contributed by atoms with van der Waals surface area (Å²) in [7, 11) is 2.14. The van der Waals surface area contributed by atoms with E-state index in [4.69, 9.17) is 9.84 Å². The number of aliphatic carboxylic acids is 1. The Bertz CT molecular complexity index is 891. The van der Waals surface area contributed by atoms with Gasteiger partial charge in [-0.05, 0) is 50.0 Å². The van der Waals surface area contributed by atoms with Crippen molar-refractivity contribution in [1.29, 1.82) is 0 Å². The molecule has 0 unspecified atom stereocenters. The number of benzene rings is 1. The van der Waals surface area contributed by atoms with Crippen LogP contribution in [0.5, 0.6) is 11.5 Å². The van der Waals surface area contributed by atoms with Crippen LogP contribution in [-0.2, 0) is 23.1 Å². The highest BCUT2D eigenvalue weighted by molar-refractivity contribution is 5.79. The fourth-order valence-electron chi connectivity index (χ4n) is 5.87. The van der Waals surface area contributed by atoms with Gasteiger partial charge in [0.05, 0.1) is 0 Å². The molecule has 0 saturated carbocycles. The van der Waals surface area contributed by atoms with Crippen molar-refractivity contribution in [2.75, 3.05) is 13.6 Å². The molecule has 1 aromatic carbocycles. The van der Waals surface area contributed by atoms with Gasteiger partial charge in [-0.1, -0.05) is 18.2 Å². The Hall–Kier alpha value is -2.31. The second-order valence-electron chi connectivity index (χ2n) is 8.16. The Morgan fingerprint density at radius 2 is 2.26 bits per heavy atom. The molecular weight excluding hydrogens is 346 g/mol. The minimum atomic E-state index is -0.978. The molecule has 2 bridgehead atoms. The van der Waals surface area contributed by atoms with Crippen molar-refractivity contribution in [2.24, 2.45) is 5.92 Å². The number of ether oxygens (including phenoxy) is 1. The molecule has 2 aliphatic carbocycles. The van der Waals surface area contributed by atoms with Crippen LogP contribution < -0.4 is 4.74 Å². The van der Waals surface area contributed by atoms with Gasteiger partial charge in [0.2, 0.25) is 0 Å². The van der Waals surface area contributed by atoms with E-state index in [2.05, 4.69) is 18.0 Å². The van der Waals surface area contributed by atoms with E-state index in [1.807, 2.05) is 6.08 Å². The van der Waals surface area contributed by atoms with E-state index < -0.39 is 12.1 Å². The first kappa shape index (κ1) is 16.8. The van der Waals surface area contributed by atoms with Gasteiger partial charge in [0, 0.05) is 29.0 Å². The molecule has 3 N–H and O–H groups in total. The van der Waals surface area contributed by atoms with Gasteiger partial charge in [-0.15, -0.1) is 0 Å². The van der Waals surface area contributed by atoms with Crippen molar-refractivity contribution in [3.63, 3.8) is 0 Å². The van der Waals surface area contributed by atoms with Crippen LogP contribution in [-0.4, -0.2) is 58.0 Å². The lowest BCUT2D eigenvalue weighted by atomic mass is 9.53. The minimum Gasteiger partial charge on any atom is -0.504 e. The van der Waals surface area contributed by atoms with Gasteiger partial charge < -0.3 is 25.0 Å². The lowest BCUT2D eigenvalue weighted by Gasteiger charge is -2.56. The second-order valence-corrected chi connectivity index (χ2v) is 8.16. The quantitative estimate of drug-likeness (QED) is 0.551. The summed E-state index contributed by atoms with van der Waals surface area (Å²) in [6.07, 6.45) is 7.80.